The number of rotatable bonds is 3. The average Bonchev–Trinajstić information content (AvgIpc) is 2.39. The molecule has 0 saturated heterocycles. The van der Waals surface area contributed by atoms with E-state index in [1.807, 2.05) is 30.1 Å². The first-order valence-electron chi connectivity index (χ1n) is 5.50. The predicted octanol–water partition coefficient (Wildman–Crippen LogP) is 2.73. The molecule has 0 saturated carbocycles. The van der Waals surface area contributed by atoms with Crippen LogP contribution in [0, 0.1) is 17.1 Å². The summed E-state index contributed by atoms with van der Waals surface area (Å²) in [6, 6.07) is 10.2. The smallest absolute Gasteiger partial charge is 0.143 e. The highest BCUT2D eigenvalue weighted by atomic mass is 19.1. The highest BCUT2D eigenvalue weighted by molar-refractivity contribution is 5.50. The number of benzene rings is 1. The molecule has 0 amide bonds. The number of hydrogen-bond acceptors (Lipinski definition) is 3. The summed E-state index contributed by atoms with van der Waals surface area (Å²) in [6.45, 7) is 0.638. The number of aromatic nitrogens is 1. The molecule has 1 aromatic heterocycles. The third kappa shape index (κ3) is 2.64. The minimum Gasteiger partial charge on any atom is -0.370 e. The fourth-order valence-electron chi connectivity index (χ4n) is 1.69. The summed E-state index contributed by atoms with van der Waals surface area (Å²) in [5, 5.41) is 8.67. The summed E-state index contributed by atoms with van der Waals surface area (Å²) < 4.78 is 13.5. The van der Waals surface area contributed by atoms with Gasteiger partial charge in [-0.15, -0.1) is 0 Å². The Balaban J connectivity index is 2.17. The van der Waals surface area contributed by atoms with Gasteiger partial charge in [-0.1, -0.05) is 6.07 Å². The third-order valence-electron chi connectivity index (χ3n) is 2.66. The molecule has 0 radical (unpaired) electrons. The molecule has 0 aliphatic carbocycles. The van der Waals surface area contributed by atoms with Crippen molar-refractivity contribution in [3.8, 4) is 6.07 Å². The van der Waals surface area contributed by atoms with Gasteiger partial charge in [0.25, 0.3) is 0 Å². The van der Waals surface area contributed by atoms with E-state index in [2.05, 4.69) is 4.98 Å². The molecule has 4 heteroatoms. The molecular formula is C14H12FN3. The zero-order valence-corrected chi connectivity index (χ0v) is 9.97. The second-order valence-corrected chi connectivity index (χ2v) is 3.99. The van der Waals surface area contributed by atoms with E-state index in [1.54, 1.807) is 18.5 Å². The fraction of sp³-hybridized carbons (Fsp3) is 0.143. The third-order valence-corrected chi connectivity index (χ3v) is 2.66. The van der Waals surface area contributed by atoms with E-state index in [1.165, 1.54) is 12.1 Å². The fourth-order valence-corrected chi connectivity index (χ4v) is 1.69. The van der Waals surface area contributed by atoms with Crippen LogP contribution < -0.4 is 4.90 Å². The molecule has 90 valence electrons. The normalized spacial score (nSPS) is 9.83. The zero-order valence-electron chi connectivity index (χ0n) is 9.97. The number of anilines is 1. The van der Waals surface area contributed by atoms with Gasteiger partial charge in [-0.2, -0.15) is 5.26 Å². The molecule has 0 N–H and O–H groups in total. The number of halogens is 1. The topological polar surface area (TPSA) is 39.9 Å². The van der Waals surface area contributed by atoms with Gasteiger partial charge in [0, 0.05) is 31.7 Å². The Morgan fingerprint density at radius 2 is 2.22 bits per heavy atom. The summed E-state index contributed by atoms with van der Waals surface area (Å²) in [5.74, 6) is -0.493. The number of nitriles is 1. The molecule has 0 spiro atoms. The number of pyridine rings is 1. The molecular weight excluding hydrogens is 229 g/mol. The standard InChI is InChI=1S/C14H12FN3/c1-18(10-11-3-2-6-17-9-11)13-5-4-12(8-16)14(15)7-13/h2-7,9H,10H2,1H3. The largest absolute Gasteiger partial charge is 0.370 e. The van der Waals surface area contributed by atoms with Crippen molar-refractivity contribution >= 4 is 5.69 Å². The van der Waals surface area contributed by atoms with Crippen molar-refractivity contribution in [3.63, 3.8) is 0 Å². The van der Waals surface area contributed by atoms with E-state index >= 15 is 0 Å². The Bertz CT molecular complexity index is 575. The van der Waals surface area contributed by atoms with Gasteiger partial charge in [-0.3, -0.25) is 4.98 Å². The maximum absolute atomic E-state index is 13.5. The van der Waals surface area contributed by atoms with Gasteiger partial charge in [-0.25, -0.2) is 4.39 Å². The number of hydrogen-bond donors (Lipinski definition) is 0. The molecule has 0 atom stereocenters. The molecule has 0 bridgehead atoms. The van der Waals surface area contributed by atoms with Gasteiger partial charge < -0.3 is 4.90 Å². The lowest BCUT2D eigenvalue weighted by Gasteiger charge is -2.19. The maximum atomic E-state index is 13.5. The van der Waals surface area contributed by atoms with E-state index in [9.17, 15) is 4.39 Å². The van der Waals surface area contributed by atoms with Gasteiger partial charge in [-0.05, 0) is 29.8 Å². The molecule has 0 aliphatic rings. The van der Waals surface area contributed by atoms with Crippen molar-refractivity contribution in [3.05, 3.63) is 59.7 Å². The van der Waals surface area contributed by atoms with Crippen LogP contribution in [-0.2, 0) is 6.54 Å². The van der Waals surface area contributed by atoms with Gasteiger partial charge in [0.1, 0.15) is 11.9 Å². The molecule has 3 nitrogen and oxygen atoms in total. The Hall–Kier alpha value is -2.41. The van der Waals surface area contributed by atoms with Crippen molar-refractivity contribution in [2.75, 3.05) is 11.9 Å². The highest BCUT2D eigenvalue weighted by Gasteiger charge is 2.06. The van der Waals surface area contributed by atoms with Crippen LogP contribution in [-0.4, -0.2) is 12.0 Å². The van der Waals surface area contributed by atoms with Crippen molar-refractivity contribution in [2.24, 2.45) is 0 Å². The molecule has 0 aliphatic heterocycles. The van der Waals surface area contributed by atoms with Crippen LogP contribution in [0.5, 0.6) is 0 Å². The molecule has 2 aromatic rings. The van der Waals surface area contributed by atoms with Gasteiger partial charge >= 0.3 is 0 Å². The lowest BCUT2D eigenvalue weighted by Crippen LogP contribution is -2.16. The van der Waals surface area contributed by atoms with Crippen molar-refractivity contribution < 1.29 is 4.39 Å². The summed E-state index contributed by atoms with van der Waals surface area (Å²) in [6.07, 6.45) is 3.49. The minimum atomic E-state index is -0.493. The van der Waals surface area contributed by atoms with Crippen LogP contribution >= 0.6 is 0 Å². The first kappa shape index (κ1) is 12.1. The van der Waals surface area contributed by atoms with Gasteiger partial charge in [0.05, 0.1) is 5.56 Å². The van der Waals surface area contributed by atoms with E-state index in [0.717, 1.165) is 11.3 Å². The van der Waals surface area contributed by atoms with E-state index in [-0.39, 0.29) is 5.56 Å². The second-order valence-electron chi connectivity index (χ2n) is 3.99. The molecule has 2 rings (SSSR count). The lowest BCUT2D eigenvalue weighted by atomic mass is 10.2. The van der Waals surface area contributed by atoms with Gasteiger partial charge in [0.15, 0.2) is 0 Å². The van der Waals surface area contributed by atoms with Crippen LogP contribution in [0.4, 0.5) is 10.1 Å². The predicted molar refractivity (Wildman–Crippen MR) is 67.5 cm³/mol. The highest BCUT2D eigenvalue weighted by Crippen LogP contribution is 2.18. The van der Waals surface area contributed by atoms with Crippen LogP contribution in [0.25, 0.3) is 0 Å². The molecule has 1 heterocycles. The summed E-state index contributed by atoms with van der Waals surface area (Å²) in [5.41, 5.74) is 1.84. The van der Waals surface area contributed by atoms with Crippen LogP contribution in [0.1, 0.15) is 11.1 Å². The van der Waals surface area contributed by atoms with Crippen molar-refractivity contribution in [2.45, 2.75) is 6.54 Å². The zero-order chi connectivity index (χ0) is 13.0. The Labute approximate surface area is 105 Å². The minimum absolute atomic E-state index is 0.0635. The second kappa shape index (κ2) is 5.28. The van der Waals surface area contributed by atoms with Crippen molar-refractivity contribution in [1.82, 2.24) is 4.98 Å². The van der Waals surface area contributed by atoms with Crippen LogP contribution in [0.15, 0.2) is 42.7 Å². The molecule has 1 aromatic carbocycles. The van der Waals surface area contributed by atoms with Crippen LogP contribution in [0.3, 0.4) is 0 Å². The first-order chi connectivity index (χ1) is 8.70. The summed E-state index contributed by atoms with van der Waals surface area (Å²) >= 11 is 0. The van der Waals surface area contributed by atoms with Gasteiger partial charge in [0.2, 0.25) is 0 Å². The van der Waals surface area contributed by atoms with E-state index in [4.69, 9.17) is 5.26 Å². The summed E-state index contributed by atoms with van der Waals surface area (Å²) in [4.78, 5) is 5.94. The molecule has 0 fully saturated rings. The number of nitrogens with zero attached hydrogens (tertiary/aromatic N) is 3. The first-order valence-corrected chi connectivity index (χ1v) is 5.50. The average molecular weight is 241 g/mol. The van der Waals surface area contributed by atoms with E-state index in [0.29, 0.717) is 6.54 Å². The van der Waals surface area contributed by atoms with Crippen molar-refractivity contribution in [1.29, 1.82) is 5.26 Å². The summed E-state index contributed by atoms with van der Waals surface area (Å²) in [7, 11) is 1.87. The van der Waals surface area contributed by atoms with E-state index < -0.39 is 5.82 Å². The lowest BCUT2D eigenvalue weighted by molar-refractivity contribution is 0.623. The molecule has 0 unspecified atom stereocenters. The monoisotopic (exact) mass is 241 g/mol. The maximum Gasteiger partial charge on any atom is 0.143 e. The Morgan fingerprint density at radius 1 is 1.39 bits per heavy atom. The quantitative estimate of drug-likeness (QED) is 0.829. The van der Waals surface area contributed by atoms with Crippen LogP contribution in [0.2, 0.25) is 0 Å². The SMILES string of the molecule is CN(Cc1cccnc1)c1ccc(C#N)c(F)c1. The molecule has 18 heavy (non-hydrogen) atoms. The Morgan fingerprint density at radius 3 is 2.83 bits per heavy atom. The Kier molecular flexibility index (Phi) is 3.54.